The van der Waals surface area contributed by atoms with Gasteiger partial charge in [0.05, 0.1) is 24.2 Å². The van der Waals surface area contributed by atoms with E-state index in [1.54, 1.807) is 6.26 Å². The van der Waals surface area contributed by atoms with Crippen LogP contribution in [0.4, 0.5) is 11.5 Å². The maximum atomic E-state index is 5.94. The molecule has 0 atom stereocenters. The summed E-state index contributed by atoms with van der Waals surface area (Å²) < 4.78 is 7.10. The minimum absolute atomic E-state index is 0.613. The minimum Gasteiger partial charge on any atom is -0.467 e. The van der Waals surface area contributed by atoms with Crippen LogP contribution >= 0.6 is 0 Å². The van der Waals surface area contributed by atoms with Gasteiger partial charge >= 0.3 is 0 Å². The van der Waals surface area contributed by atoms with Crippen molar-refractivity contribution in [3.05, 3.63) is 29.9 Å². The lowest BCUT2D eigenvalue weighted by Gasteiger charge is -2.07. The summed E-state index contributed by atoms with van der Waals surface area (Å²) in [5, 5.41) is 7.56. The van der Waals surface area contributed by atoms with Gasteiger partial charge in [0, 0.05) is 6.54 Å². The van der Waals surface area contributed by atoms with E-state index in [9.17, 15) is 0 Å². The van der Waals surface area contributed by atoms with E-state index in [0.717, 1.165) is 23.8 Å². The summed E-state index contributed by atoms with van der Waals surface area (Å²) >= 11 is 0. The van der Waals surface area contributed by atoms with Crippen LogP contribution in [0.15, 0.2) is 22.8 Å². The van der Waals surface area contributed by atoms with E-state index in [4.69, 9.17) is 10.2 Å². The second kappa shape index (κ2) is 4.30. The molecule has 0 unspecified atom stereocenters. The number of furan rings is 1. The lowest BCUT2D eigenvalue weighted by molar-refractivity contribution is 0.516. The van der Waals surface area contributed by atoms with E-state index in [0.29, 0.717) is 12.2 Å². The highest BCUT2D eigenvalue weighted by Crippen LogP contribution is 2.22. The van der Waals surface area contributed by atoms with Gasteiger partial charge in [-0.2, -0.15) is 5.10 Å². The standard InChI is InChI=1S/C11H16N4O/c1-3-15-11(10(12)8(2)14-15)13-7-9-5-4-6-16-9/h4-6,13H,3,7,12H2,1-2H3. The highest BCUT2D eigenvalue weighted by atomic mass is 16.3. The van der Waals surface area contributed by atoms with Crippen molar-refractivity contribution in [3.63, 3.8) is 0 Å². The topological polar surface area (TPSA) is 69.0 Å². The van der Waals surface area contributed by atoms with Crippen molar-refractivity contribution in [2.75, 3.05) is 11.1 Å². The van der Waals surface area contributed by atoms with Gasteiger partial charge in [0.25, 0.3) is 0 Å². The van der Waals surface area contributed by atoms with Crippen LogP contribution in [0.2, 0.25) is 0 Å². The fourth-order valence-electron chi connectivity index (χ4n) is 1.59. The van der Waals surface area contributed by atoms with Crippen LogP contribution in [0.25, 0.3) is 0 Å². The molecule has 0 fully saturated rings. The molecule has 0 amide bonds. The Hall–Kier alpha value is -1.91. The summed E-state index contributed by atoms with van der Waals surface area (Å²) in [6, 6.07) is 3.78. The van der Waals surface area contributed by atoms with Crippen LogP contribution in [0, 0.1) is 6.92 Å². The van der Waals surface area contributed by atoms with E-state index < -0.39 is 0 Å². The second-order valence-corrected chi connectivity index (χ2v) is 3.60. The first-order chi connectivity index (χ1) is 7.72. The second-order valence-electron chi connectivity index (χ2n) is 3.60. The first-order valence-corrected chi connectivity index (χ1v) is 5.31. The lowest BCUT2D eigenvalue weighted by atomic mass is 10.3. The molecule has 3 N–H and O–H groups in total. The molecular weight excluding hydrogens is 204 g/mol. The predicted octanol–water partition coefficient (Wildman–Crippen LogP) is 2.00. The normalized spacial score (nSPS) is 10.6. The van der Waals surface area contributed by atoms with Crippen LogP contribution < -0.4 is 11.1 Å². The largest absolute Gasteiger partial charge is 0.467 e. The van der Waals surface area contributed by atoms with Crippen LogP contribution in [-0.4, -0.2) is 9.78 Å². The fraction of sp³-hybridized carbons (Fsp3) is 0.364. The number of aromatic nitrogens is 2. The zero-order valence-corrected chi connectivity index (χ0v) is 9.53. The minimum atomic E-state index is 0.613. The van der Waals surface area contributed by atoms with Gasteiger partial charge in [0.2, 0.25) is 0 Å². The molecule has 2 aromatic rings. The number of rotatable bonds is 4. The van der Waals surface area contributed by atoms with Crippen molar-refractivity contribution in [2.24, 2.45) is 0 Å². The van der Waals surface area contributed by atoms with E-state index in [2.05, 4.69) is 10.4 Å². The van der Waals surface area contributed by atoms with Crippen molar-refractivity contribution in [1.82, 2.24) is 9.78 Å². The zero-order chi connectivity index (χ0) is 11.5. The number of anilines is 2. The van der Waals surface area contributed by atoms with Gasteiger partial charge in [-0.3, -0.25) is 0 Å². The van der Waals surface area contributed by atoms with Crippen molar-refractivity contribution in [2.45, 2.75) is 26.9 Å². The SMILES string of the molecule is CCn1nc(C)c(N)c1NCc1ccco1. The molecule has 5 heteroatoms. The lowest BCUT2D eigenvalue weighted by Crippen LogP contribution is -2.07. The zero-order valence-electron chi connectivity index (χ0n) is 9.53. The Labute approximate surface area is 94.2 Å². The van der Waals surface area contributed by atoms with E-state index >= 15 is 0 Å². The number of nitrogens with one attached hydrogen (secondary N) is 1. The van der Waals surface area contributed by atoms with Crippen LogP contribution in [0.3, 0.4) is 0 Å². The summed E-state index contributed by atoms with van der Waals surface area (Å²) in [4.78, 5) is 0. The molecule has 5 nitrogen and oxygen atoms in total. The Morgan fingerprint density at radius 2 is 2.38 bits per heavy atom. The number of nitrogen functional groups attached to an aromatic ring is 1. The quantitative estimate of drug-likeness (QED) is 0.826. The number of nitrogens with zero attached hydrogens (tertiary/aromatic N) is 2. The number of aryl methyl sites for hydroxylation is 2. The summed E-state index contributed by atoms with van der Waals surface area (Å²) in [6.45, 7) is 5.34. The molecule has 2 heterocycles. The monoisotopic (exact) mass is 220 g/mol. The molecule has 0 aliphatic carbocycles. The van der Waals surface area contributed by atoms with Crippen molar-refractivity contribution in [3.8, 4) is 0 Å². The van der Waals surface area contributed by atoms with Crippen molar-refractivity contribution >= 4 is 11.5 Å². The molecule has 0 aliphatic rings. The molecule has 2 aromatic heterocycles. The highest BCUT2D eigenvalue weighted by Gasteiger charge is 2.11. The third-order valence-electron chi connectivity index (χ3n) is 2.48. The highest BCUT2D eigenvalue weighted by molar-refractivity contribution is 5.64. The molecule has 0 saturated carbocycles. The summed E-state index contributed by atoms with van der Waals surface area (Å²) in [6.07, 6.45) is 1.66. The molecule has 0 saturated heterocycles. The van der Waals surface area contributed by atoms with E-state index in [1.807, 2.05) is 30.7 Å². The molecule has 0 radical (unpaired) electrons. The van der Waals surface area contributed by atoms with Gasteiger partial charge in [-0.15, -0.1) is 0 Å². The summed E-state index contributed by atoms with van der Waals surface area (Å²) in [7, 11) is 0. The molecule has 86 valence electrons. The Morgan fingerprint density at radius 1 is 1.56 bits per heavy atom. The van der Waals surface area contributed by atoms with Crippen LogP contribution in [0.1, 0.15) is 18.4 Å². The molecule has 2 rings (SSSR count). The number of nitrogens with two attached hydrogens (primary N) is 1. The molecule has 16 heavy (non-hydrogen) atoms. The first-order valence-electron chi connectivity index (χ1n) is 5.31. The van der Waals surface area contributed by atoms with Crippen molar-refractivity contribution < 1.29 is 4.42 Å². The van der Waals surface area contributed by atoms with Gasteiger partial charge in [-0.25, -0.2) is 4.68 Å². The van der Waals surface area contributed by atoms with Crippen LogP contribution in [-0.2, 0) is 13.1 Å². The molecule has 0 spiro atoms. The number of hydrogen-bond acceptors (Lipinski definition) is 4. The van der Waals surface area contributed by atoms with Gasteiger partial charge < -0.3 is 15.5 Å². The average molecular weight is 220 g/mol. The van der Waals surface area contributed by atoms with E-state index in [-0.39, 0.29) is 0 Å². The molecular formula is C11H16N4O. The van der Waals surface area contributed by atoms with E-state index in [1.165, 1.54) is 0 Å². The molecule has 0 aromatic carbocycles. The summed E-state index contributed by atoms with van der Waals surface area (Å²) in [5.74, 6) is 1.73. The first kappa shape index (κ1) is 10.6. The fourth-order valence-corrected chi connectivity index (χ4v) is 1.59. The summed E-state index contributed by atoms with van der Waals surface area (Å²) in [5.41, 5.74) is 7.49. The third kappa shape index (κ3) is 1.88. The third-order valence-corrected chi connectivity index (χ3v) is 2.48. The smallest absolute Gasteiger partial charge is 0.148 e. The van der Waals surface area contributed by atoms with Gasteiger partial charge in [0.1, 0.15) is 11.6 Å². The Kier molecular flexibility index (Phi) is 2.85. The maximum absolute atomic E-state index is 5.94. The van der Waals surface area contributed by atoms with Gasteiger partial charge in [-0.1, -0.05) is 0 Å². The maximum Gasteiger partial charge on any atom is 0.148 e. The van der Waals surface area contributed by atoms with Gasteiger partial charge in [-0.05, 0) is 26.0 Å². The Bertz CT molecular complexity index is 459. The molecule has 0 bridgehead atoms. The number of hydrogen-bond donors (Lipinski definition) is 2. The van der Waals surface area contributed by atoms with Gasteiger partial charge in [0.15, 0.2) is 0 Å². The Morgan fingerprint density at radius 3 is 3.00 bits per heavy atom. The Balaban J connectivity index is 2.14. The predicted molar refractivity (Wildman–Crippen MR) is 63.1 cm³/mol. The molecule has 0 aliphatic heterocycles. The van der Waals surface area contributed by atoms with Crippen molar-refractivity contribution in [1.29, 1.82) is 0 Å². The average Bonchev–Trinajstić information content (AvgIpc) is 2.87. The van der Waals surface area contributed by atoms with Crippen LogP contribution in [0.5, 0.6) is 0 Å².